The number of nitriles is 1. The first-order chi connectivity index (χ1) is 7.84. The molecule has 0 aliphatic heterocycles. The number of carbonyl (C=O) groups excluding carboxylic acids is 1. The van der Waals surface area contributed by atoms with Gasteiger partial charge < -0.3 is 16.8 Å². The Labute approximate surface area is 100 Å². The van der Waals surface area contributed by atoms with E-state index in [1.807, 2.05) is 19.9 Å². The van der Waals surface area contributed by atoms with Gasteiger partial charge in [-0.1, -0.05) is 0 Å². The van der Waals surface area contributed by atoms with Crippen molar-refractivity contribution in [2.45, 2.75) is 25.8 Å². The van der Waals surface area contributed by atoms with E-state index in [1.54, 1.807) is 18.2 Å². The lowest BCUT2D eigenvalue weighted by molar-refractivity contribution is -0.118. The summed E-state index contributed by atoms with van der Waals surface area (Å²) in [6.07, 6.45) is 0.184. The molecule has 0 aromatic heterocycles. The smallest absolute Gasteiger partial charge is 0.219 e. The fraction of sp³-hybridized carbons (Fsp3) is 0.333. The number of nitrogens with two attached hydrogens (primary N) is 2. The summed E-state index contributed by atoms with van der Waals surface area (Å²) in [6, 6.07) is 6.98. The van der Waals surface area contributed by atoms with Crippen LogP contribution in [0.25, 0.3) is 0 Å². The highest BCUT2D eigenvalue weighted by atomic mass is 16.1. The highest BCUT2D eigenvalue weighted by molar-refractivity contribution is 5.76. The molecule has 5 heteroatoms. The summed E-state index contributed by atoms with van der Waals surface area (Å²) in [5.74, 6) is -0.391. The second-order valence-corrected chi connectivity index (χ2v) is 4.57. The van der Waals surface area contributed by atoms with Crippen molar-refractivity contribution < 1.29 is 4.79 Å². The Balaban J connectivity index is 2.94. The van der Waals surface area contributed by atoms with E-state index in [0.717, 1.165) is 0 Å². The van der Waals surface area contributed by atoms with Gasteiger partial charge in [-0.05, 0) is 32.0 Å². The average molecular weight is 232 g/mol. The van der Waals surface area contributed by atoms with Crippen LogP contribution in [0.3, 0.4) is 0 Å². The van der Waals surface area contributed by atoms with Gasteiger partial charge in [0.25, 0.3) is 0 Å². The summed E-state index contributed by atoms with van der Waals surface area (Å²) in [4.78, 5) is 10.9. The van der Waals surface area contributed by atoms with Gasteiger partial charge in [-0.2, -0.15) is 5.26 Å². The van der Waals surface area contributed by atoms with E-state index in [-0.39, 0.29) is 6.42 Å². The summed E-state index contributed by atoms with van der Waals surface area (Å²) in [6.45, 7) is 3.69. The first-order valence-electron chi connectivity index (χ1n) is 5.20. The predicted octanol–water partition coefficient (Wildman–Crippen LogP) is 1.21. The van der Waals surface area contributed by atoms with Crippen LogP contribution in [0.4, 0.5) is 11.4 Å². The number of carbonyl (C=O) groups is 1. The van der Waals surface area contributed by atoms with Crippen LogP contribution in [-0.4, -0.2) is 11.4 Å². The molecule has 0 fully saturated rings. The topological polar surface area (TPSA) is 105 Å². The van der Waals surface area contributed by atoms with Crippen molar-refractivity contribution in [3.63, 3.8) is 0 Å². The SMILES string of the molecule is CC(C)(CC(N)=O)Nc1cc(C#N)ccc1N. The van der Waals surface area contributed by atoms with Crippen LogP contribution in [0.2, 0.25) is 0 Å². The molecule has 1 rings (SSSR count). The Morgan fingerprint density at radius 1 is 1.53 bits per heavy atom. The number of hydrogen-bond donors (Lipinski definition) is 3. The monoisotopic (exact) mass is 232 g/mol. The van der Waals surface area contributed by atoms with Crippen molar-refractivity contribution in [1.82, 2.24) is 0 Å². The Morgan fingerprint density at radius 2 is 2.18 bits per heavy atom. The van der Waals surface area contributed by atoms with Gasteiger partial charge in [-0.15, -0.1) is 0 Å². The number of nitrogens with zero attached hydrogens (tertiary/aromatic N) is 1. The molecule has 0 saturated heterocycles. The van der Waals surface area contributed by atoms with Gasteiger partial charge >= 0.3 is 0 Å². The van der Waals surface area contributed by atoms with E-state index in [1.165, 1.54) is 0 Å². The number of anilines is 2. The van der Waals surface area contributed by atoms with Crippen LogP contribution in [0.15, 0.2) is 18.2 Å². The largest absolute Gasteiger partial charge is 0.397 e. The molecule has 5 nitrogen and oxygen atoms in total. The fourth-order valence-corrected chi connectivity index (χ4v) is 1.58. The normalized spacial score (nSPS) is 10.6. The van der Waals surface area contributed by atoms with E-state index in [0.29, 0.717) is 16.9 Å². The molecule has 0 radical (unpaired) electrons. The average Bonchev–Trinajstić information content (AvgIpc) is 2.19. The fourth-order valence-electron chi connectivity index (χ4n) is 1.58. The van der Waals surface area contributed by atoms with Gasteiger partial charge in [0.05, 0.1) is 23.0 Å². The lowest BCUT2D eigenvalue weighted by Gasteiger charge is -2.27. The molecule has 90 valence electrons. The second-order valence-electron chi connectivity index (χ2n) is 4.57. The Bertz CT molecular complexity index is 474. The highest BCUT2D eigenvalue weighted by Gasteiger charge is 2.21. The van der Waals surface area contributed by atoms with Gasteiger partial charge in [0, 0.05) is 12.0 Å². The highest BCUT2D eigenvalue weighted by Crippen LogP contribution is 2.24. The van der Waals surface area contributed by atoms with E-state index in [2.05, 4.69) is 5.32 Å². The van der Waals surface area contributed by atoms with Crippen molar-refractivity contribution in [2.24, 2.45) is 5.73 Å². The van der Waals surface area contributed by atoms with Gasteiger partial charge in [0.1, 0.15) is 0 Å². The minimum atomic E-state index is -0.506. The molecule has 17 heavy (non-hydrogen) atoms. The van der Waals surface area contributed by atoms with Crippen LogP contribution >= 0.6 is 0 Å². The van der Waals surface area contributed by atoms with E-state index >= 15 is 0 Å². The molecule has 0 bridgehead atoms. The number of nitrogen functional groups attached to an aromatic ring is 1. The first kappa shape index (κ1) is 12.8. The maximum Gasteiger partial charge on any atom is 0.219 e. The molecule has 1 amide bonds. The number of rotatable bonds is 4. The molecule has 0 aliphatic rings. The number of nitrogens with one attached hydrogen (secondary N) is 1. The number of hydrogen-bond acceptors (Lipinski definition) is 4. The molecular formula is C12H16N4O. The molecule has 0 saturated carbocycles. The van der Waals surface area contributed by atoms with Crippen molar-refractivity contribution >= 4 is 17.3 Å². The first-order valence-corrected chi connectivity index (χ1v) is 5.20. The van der Waals surface area contributed by atoms with Gasteiger partial charge in [0.15, 0.2) is 0 Å². The number of benzene rings is 1. The molecular weight excluding hydrogens is 216 g/mol. The summed E-state index contributed by atoms with van der Waals surface area (Å²) < 4.78 is 0. The Morgan fingerprint density at radius 3 is 2.71 bits per heavy atom. The maximum absolute atomic E-state index is 10.9. The Hall–Kier alpha value is -2.22. The molecule has 1 aromatic rings. The molecule has 0 unspecified atom stereocenters. The van der Waals surface area contributed by atoms with E-state index < -0.39 is 11.4 Å². The van der Waals surface area contributed by atoms with Crippen LogP contribution in [0.1, 0.15) is 25.8 Å². The molecule has 0 spiro atoms. The quantitative estimate of drug-likeness (QED) is 0.678. The molecule has 1 aromatic carbocycles. The van der Waals surface area contributed by atoms with Crippen molar-refractivity contribution in [1.29, 1.82) is 5.26 Å². The minimum Gasteiger partial charge on any atom is -0.397 e. The van der Waals surface area contributed by atoms with Crippen molar-refractivity contribution in [3.05, 3.63) is 23.8 Å². The third-order valence-electron chi connectivity index (χ3n) is 2.27. The number of primary amides is 1. The van der Waals surface area contributed by atoms with Gasteiger partial charge in [0.2, 0.25) is 5.91 Å². The molecule has 0 aliphatic carbocycles. The van der Waals surface area contributed by atoms with Crippen LogP contribution in [0, 0.1) is 11.3 Å². The number of amides is 1. The summed E-state index contributed by atoms with van der Waals surface area (Å²) in [5.41, 5.74) is 12.1. The summed E-state index contributed by atoms with van der Waals surface area (Å²) >= 11 is 0. The van der Waals surface area contributed by atoms with Crippen molar-refractivity contribution in [3.8, 4) is 6.07 Å². The maximum atomic E-state index is 10.9. The second kappa shape index (κ2) is 4.74. The standard InChI is InChI=1S/C12H16N4O/c1-12(2,6-11(15)17)16-10-5-8(7-13)3-4-9(10)14/h3-5,16H,6,14H2,1-2H3,(H2,15,17). The van der Waals surface area contributed by atoms with Gasteiger partial charge in [-0.25, -0.2) is 0 Å². The third kappa shape index (κ3) is 3.68. The lowest BCUT2D eigenvalue weighted by atomic mass is 9.99. The molecule has 5 N–H and O–H groups in total. The van der Waals surface area contributed by atoms with Crippen LogP contribution < -0.4 is 16.8 Å². The summed E-state index contributed by atoms with van der Waals surface area (Å²) in [7, 11) is 0. The molecule has 0 atom stereocenters. The van der Waals surface area contributed by atoms with Crippen molar-refractivity contribution in [2.75, 3.05) is 11.1 Å². The van der Waals surface area contributed by atoms with E-state index in [4.69, 9.17) is 16.7 Å². The summed E-state index contributed by atoms with van der Waals surface area (Å²) in [5, 5.41) is 11.9. The lowest BCUT2D eigenvalue weighted by Crippen LogP contribution is -2.36. The zero-order valence-corrected chi connectivity index (χ0v) is 9.95. The van der Waals surface area contributed by atoms with Crippen LogP contribution in [0.5, 0.6) is 0 Å². The Kier molecular flexibility index (Phi) is 3.59. The van der Waals surface area contributed by atoms with Gasteiger partial charge in [-0.3, -0.25) is 4.79 Å². The van der Waals surface area contributed by atoms with E-state index in [9.17, 15) is 4.79 Å². The third-order valence-corrected chi connectivity index (χ3v) is 2.27. The van der Waals surface area contributed by atoms with Crippen LogP contribution in [-0.2, 0) is 4.79 Å². The predicted molar refractivity (Wildman–Crippen MR) is 67.1 cm³/mol. The zero-order chi connectivity index (χ0) is 13.1. The minimum absolute atomic E-state index is 0.184. The molecule has 0 heterocycles. The zero-order valence-electron chi connectivity index (χ0n) is 9.95.